The molecule has 0 saturated heterocycles. The van der Waals surface area contributed by atoms with Crippen molar-refractivity contribution in [2.75, 3.05) is 0 Å². The zero-order valence-electron chi connectivity index (χ0n) is 22.0. The molecule has 0 amide bonds. The minimum Gasteiger partial charge on any atom is -0.508 e. The Morgan fingerprint density at radius 3 is 1.31 bits per heavy atom. The van der Waals surface area contributed by atoms with Crippen LogP contribution in [0.1, 0.15) is 0 Å². The number of aromatic nitrogens is 2. The van der Waals surface area contributed by atoms with Crippen molar-refractivity contribution in [3.05, 3.63) is 133 Å². The van der Waals surface area contributed by atoms with Gasteiger partial charge in [0.2, 0.25) is 0 Å². The van der Waals surface area contributed by atoms with Gasteiger partial charge in [0, 0.05) is 16.7 Å². The Morgan fingerprint density at radius 1 is 0.476 bits per heavy atom. The predicted molar refractivity (Wildman–Crippen MR) is 158 cm³/mol. The molecule has 7 nitrogen and oxygen atoms in total. The Kier molecular flexibility index (Phi) is 7.37. The van der Waals surface area contributed by atoms with Gasteiger partial charge in [0.05, 0.1) is 34.1 Å². The van der Waals surface area contributed by atoms with Crippen LogP contribution in [-0.4, -0.2) is 15.1 Å². The number of H-pyrrole nitrogens is 1. The Labute approximate surface area is 239 Å². The van der Waals surface area contributed by atoms with E-state index in [4.69, 9.17) is 4.98 Å². The molecule has 0 fully saturated rings. The predicted octanol–water partition coefficient (Wildman–Crippen LogP) is 10.2. The van der Waals surface area contributed by atoms with Crippen LogP contribution in [-0.2, 0) is 0 Å². The SMILES string of the molecule is Oc1ccc(-c2nc(-c3ccc(N=Nc4ccc(F)cc4)cc3)c(-c3ccc(N=Nc4ccc(F)cc4)cc3)[nH]2)cc1. The van der Waals surface area contributed by atoms with Crippen LogP contribution in [0.2, 0.25) is 0 Å². The molecule has 0 aliphatic rings. The Balaban J connectivity index is 1.31. The van der Waals surface area contributed by atoms with Crippen molar-refractivity contribution in [2.45, 2.75) is 0 Å². The van der Waals surface area contributed by atoms with Gasteiger partial charge in [-0.1, -0.05) is 24.3 Å². The lowest BCUT2D eigenvalue weighted by molar-refractivity contribution is 0.475. The van der Waals surface area contributed by atoms with Gasteiger partial charge in [-0.15, -0.1) is 0 Å². The molecular weight excluding hydrogens is 534 g/mol. The Bertz CT molecular complexity index is 1750. The molecule has 0 spiro atoms. The van der Waals surface area contributed by atoms with E-state index in [0.29, 0.717) is 28.6 Å². The Morgan fingerprint density at radius 2 is 0.857 bits per heavy atom. The maximum atomic E-state index is 13.2. The summed E-state index contributed by atoms with van der Waals surface area (Å²) in [5.74, 6) is 0.148. The van der Waals surface area contributed by atoms with Gasteiger partial charge >= 0.3 is 0 Å². The van der Waals surface area contributed by atoms with E-state index in [0.717, 1.165) is 28.1 Å². The summed E-state index contributed by atoms with van der Waals surface area (Å²) in [5, 5.41) is 26.6. The highest BCUT2D eigenvalue weighted by Crippen LogP contribution is 2.35. The smallest absolute Gasteiger partial charge is 0.138 e. The van der Waals surface area contributed by atoms with Crippen LogP contribution < -0.4 is 0 Å². The van der Waals surface area contributed by atoms with Crippen LogP contribution in [0.15, 0.2) is 142 Å². The molecule has 0 unspecified atom stereocenters. The van der Waals surface area contributed by atoms with E-state index < -0.39 is 0 Å². The molecule has 6 rings (SSSR count). The molecular formula is C33H22F2N6O. The largest absolute Gasteiger partial charge is 0.508 e. The normalized spacial score (nSPS) is 11.5. The number of phenols is 1. The first kappa shape index (κ1) is 26.4. The number of halogens is 2. The molecule has 9 heteroatoms. The Hall–Kier alpha value is -5.83. The molecule has 0 aliphatic carbocycles. The van der Waals surface area contributed by atoms with Gasteiger partial charge < -0.3 is 10.1 Å². The van der Waals surface area contributed by atoms with E-state index in [1.54, 1.807) is 48.5 Å². The summed E-state index contributed by atoms with van der Waals surface area (Å²) in [5.41, 5.74) is 6.44. The third-order valence-electron chi connectivity index (χ3n) is 6.36. The first-order valence-electron chi connectivity index (χ1n) is 13.0. The van der Waals surface area contributed by atoms with Crippen molar-refractivity contribution in [2.24, 2.45) is 20.5 Å². The molecule has 0 radical (unpaired) electrons. The molecule has 204 valence electrons. The number of phenolic OH excluding ortho intramolecular Hbond substituents is 1. The minimum atomic E-state index is -0.330. The fraction of sp³-hybridized carbons (Fsp3) is 0. The maximum absolute atomic E-state index is 13.2. The lowest BCUT2D eigenvalue weighted by Crippen LogP contribution is -1.83. The number of rotatable bonds is 7. The number of hydrogen-bond donors (Lipinski definition) is 2. The number of aromatic hydroxyl groups is 1. The van der Waals surface area contributed by atoms with Crippen LogP contribution >= 0.6 is 0 Å². The highest BCUT2D eigenvalue weighted by Gasteiger charge is 2.16. The number of hydrogen-bond acceptors (Lipinski definition) is 6. The summed E-state index contributed by atoms with van der Waals surface area (Å²) < 4.78 is 26.3. The van der Waals surface area contributed by atoms with E-state index in [9.17, 15) is 13.9 Å². The fourth-order valence-electron chi connectivity index (χ4n) is 4.17. The first-order chi connectivity index (χ1) is 20.5. The molecule has 1 heterocycles. The third kappa shape index (κ3) is 6.15. The monoisotopic (exact) mass is 556 g/mol. The van der Waals surface area contributed by atoms with Gasteiger partial charge in [-0.25, -0.2) is 13.8 Å². The number of nitrogens with one attached hydrogen (secondary N) is 1. The van der Waals surface area contributed by atoms with Crippen molar-refractivity contribution in [3.8, 4) is 39.7 Å². The summed E-state index contributed by atoms with van der Waals surface area (Å²) >= 11 is 0. The van der Waals surface area contributed by atoms with Gasteiger partial charge in [-0.2, -0.15) is 20.5 Å². The quantitative estimate of drug-likeness (QED) is 0.191. The molecule has 1 aromatic heterocycles. The second-order valence-corrected chi connectivity index (χ2v) is 9.30. The molecule has 6 aromatic rings. The number of azo groups is 2. The zero-order chi connectivity index (χ0) is 28.9. The summed E-state index contributed by atoms with van der Waals surface area (Å²) in [7, 11) is 0. The van der Waals surface area contributed by atoms with Crippen LogP contribution in [0.3, 0.4) is 0 Å². The summed E-state index contributed by atoms with van der Waals surface area (Å²) in [6.45, 7) is 0. The summed E-state index contributed by atoms with van der Waals surface area (Å²) in [4.78, 5) is 8.32. The number of imidazole rings is 1. The standard InChI is InChI=1S/C33H22F2N6O/c34-24-7-15-28(16-8-24)40-38-26-11-1-21(2-12-26)31-32(37-33(36-31)23-5-19-30(42)20-6-23)22-3-13-27(14-4-22)39-41-29-17-9-25(35)10-18-29/h1-20,42H,(H,36,37). The average Bonchev–Trinajstić information content (AvgIpc) is 3.47. The molecule has 42 heavy (non-hydrogen) atoms. The van der Waals surface area contributed by atoms with Gasteiger partial charge in [0.25, 0.3) is 0 Å². The van der Waals surface area contributed by atoms with E-state index >= 15 is 0 Å². The zero-order valence-corrected chi connectivity index (χ0v) is 22.0. The minimum absolute atomic E-state index is 0.168. The van der Waals surface area contributed by atoms with Crippen molar-refractivity contribution >= 4 is 22.7 Å². The number of benzene rings is 5. The molecule has 0 atom stereocenters. The molecule has 5 aromatic carbocycles. The third-order valence-corrected chi connectivity index (χ3v) is 6.36. The van der Waals surface area contributed by atoms with Gasteiger partial charge in [-0.05, 0) is 97.1 Å². The average molecular weight is 557 g/mol. The van der Waals surface area contributed by atoms with Crippen LogP contribution in [0.4, 0.5) is 31.5 Å². The topological polar surface area (TPSA) is 98.3 Å². The molecule has 0 saturated carbocycles. The number of nitrogens with zero attached hydrogens (tertiary/aromatic N) is 5. The van der Waals surface area contributed by atoms with Gasteiger partial charge in [0.1, 0.15) is 23.2 Å². The van der Waals surface area contributed by atoms with Crippen LogP contribution in [0, 0.1) is 11.6 Å². The first-order valence-corrected chi connectivity index (χ1v) is 13.0. The molecule has 2 N–H and O–H groups in total. The van der Waals surface area contributed by atoms with E-state index in [1.165, 1.54) is 24.3 Å². The van der Waals surface area contributed by atoms with E-state index in [1.807, 2.05) is 48.5 Å². The van der Waals surface area contributed by atoms with Gasteiger partial charge in [-0.3, -0.25) is 0 Å². The van der Waals surface area contributed by atoms with Crippen molar-refractivity contribution in [1.82, 2.24) is 9.97 Å². The lowest BCUT2D eigenvalue weighted by atomic mass is 10.0. The van der Waals surface area contributed by atoms with E-state index in [2.05, 4.69) is 25.4 Å². The molecule has 0 bridgehead atoms. The van der Waals surface area contributed by atoms with Crippen molar-refractivity contribution in [1.29, 1.82) is 0 Å². The second-order valence-electron chi connectivity index (χ2n) is 9.30. The highest BCUT2D eigenvalue weighted by molar-refractivity contribution is 5.82. The van der Waals surface area contributed by atoms with E-state index in [-0.39, 0.29) is 17.4 Å². The van der Waals surface area contributed by atoms with Crippen LogP contribution in [0.5, 0.6) is 5.75 Å². The van der Waals surface area contributed by atoms with Crippen molar-refractivity contribution in [3.63, 3.8) is 0 Å². The lowest BCUT2D eigenvalue weighted by Gasteiger charge is -2.04. The maximum Gasteiger partial charge on any atom is 0.138 e. The fourth-order valence-corrected chi connectivity index (χ4v) is 4.17. The molecule has 0 aliphatic heterocycles. The second kappa shape index (κ2) is 11.7. The summed E-state index contributed by atoms with van der Waals surface area (Å²) in [6, 6.07) is 33.4. The summed E-state index contributed by atoms with van der Waals surface area (Å²) in [6.07, 6.45) is 0. The van der Waals surface area contributed by atoms with Gasteiger partial charge in [0.15, 0.2) is 0 Å². The van der Waals surface area contributed by atoms with Crippen molar-refractivity contribution < 1.29 is 13.9 Å². The van der Waals surface area contributed by atoms with Crippen LogP contribution in [0.25, 0.3) is 33.9 Å². The number of aromatic amines is 1. The highest BCUT2D eigenvalue weighted by atomic mass is 19.1.